The van der Waals surface area contributed by atoms with Gasteiger partial charge in [0, 0.05) is 18.4 Å². The van der Waals surface area contributed by atoms with E-state index in [2.05, 4.69) is 11.1 Å². The molecular weight excluding hydrogens is 336 g/mol. The number of hydrogen-bond donors (Lipinski definition) is 1. The molecule has 1 saturated heterocycles. The second-order valence-electron chi connectivity index (χ2n) is 7.06. The molecule has 0 aliphatic carbocycles. The Bertz CT molecular complexity index is 900. The lowest BCUT2D eigenvalue weighted by molar-refractivity contribution is -0.131. The first kappa shape index (κ1) is 17.4. The summed E-state index contributed by atoms with van der Waals surface area (Å²) >= 11 is 0. The number of carbonyl (C=O) groups excluding carboxylic acids is 1. The number of aromatic nitrogens is 1. The molecule has 0 bridgehead atoms. The maximum atomic E-state index is 12.8. The van der Waals surface area contributed by atoms with Crippen LogP contribution in [-0.4, -0.2) is 22.3 Å². The van der Waals surface area contributed by atoms with Gasteiger partial charge in [0.25, 0.3) is 0 Å². The third kappa shape index (κ3) is 3.90. The molecule has 1 amide bonds. The highest BCUT2D eigenvalue weighted by Gasteiger charge is 2.30. The van der Waals surface area contributed by atoms with Crippen molar-refractivity contribution in [3.63, 3.8) is 0 Å². The van der Waals surface area contributed by atoms with E-state index >= 15 is 0 Å². The van der Waals surface area contributed by atoms with Gasteiger partial charge >= 0.3 is 0 Å². The average Bonchev–Trinajstić information content (AvgIpc) is 3.36. The SMILES string of the molecule is Cc1ccccc1Oc1ccc(CC(=O)N2CCCC2c2ccc[nH]2)cc1. The van der Waals surface area contributed by atoms with Crippen molar-refractivity contribution < 1.29 is 9.53 Å². The standard InChI is InChI=1S/C23H24N2O2/c1-17-6-2-3-9-22(17)27-19-12-10-18(11-13-19)16-23(26)25-15-5-8-21(25)20-7-4-14-24-20/h2-4,6-7,9-14,21,24H,5,8,15-16H2,1H3. The Hall–Kier alpha value is -3.01. The van der Waals surface area contributed by atoms with Crippen molar-refractivity contribution in [3.05, 3.63) is 83.7 Å². The Balaban J connectivity index is 1.41. The van der Waals surface area contributed by atoms with E-state index < -0.39 is 0 Å². The number of nitrogens with one attached hydrogen (secondary N) is 1. The quantitative estimate of drug-likeness (QED) is 0.694. The first-order valence-electron chi connectivity index (χ1n) is 9.46. The topological polar surface area (TPSA) is 45.3 Å². The molecule has 0 saturated carbocycles. The summed E-state index contributed by atoms with van der Waals surface area (Å²) in [7, 11) is 0. The summed E-state index contributed by atoms with van der Waals surface area (Å²) in [5.74, 6) is 1.82. The molecule has 1 aliphatic heterocycles. The van der Waals surface area contributed by atoms with Crippen LogP contribution < -0.4 is 4.74 Å². The fraction of sp³-hybridized carbons (Fsp3) is 0.261. The molecule has 3 aromatic rings. The van der Waals surface area contributed by atoms with Gasteiger partial charge in [-0.1, -0.05) is 30.3 Å². The molecule has 1 atom stereocenters. The predicted molar refractivity (Wildman–Crippen MR) is 106 cm³/mol. The number of amides is 1. The maximum absolute atomic E-state index is 12.8. The molecule has 4 rings (SSSR count). The molecule has 1 unspecified atom stereocenters. The number of para-hydroxylation sites is 1. The molecule has 1 aromatic heterocycles. The van der Waals surface area contributed by atoms with E-state index in [1.807, 2.05) is 72.6 Å². The minimum atomic E-state index is 0.177. The van der Waals surface area contributed by atoms with Crippen LogP contribution in [0.3, 0.4) is 0 Å². The van der Waals surface area contributed by atoms with Gasteiger partial charge in [-0.05, 0) is 61.2 Å². The number of hydrogen-bond acceptors (Lipinski definition) is 2. The molecule has 1 fully saturated rings. The highest BCUT2D eigenvalue weighted by Crippen LogP contribution is 2.31. The van der Waals surface area contributed by atoms with Gasteiger partial charge in [0.05, 0.1) is 12.5 Å². The zero-order valence-electron chi connectivity index (χ0n) is 15.5. The van der Waals surface area contributed by atoms with Crippen molar-refractivity contribution in [2.24, 2.45) is 0 Å². The zero-order chi connectivity index (χ0) is 18.6. The van der Waals surface area contributed by atoms with E-state index in [1.54, 1.807) is 0 Å². The van der Waals surface area contributed by atoms with Crippen LogP contribution >= 0.6 is 0 Å². The lowest BCUT2D eigenvalue weighted by atomic mass is 10.1. The van der Waals surface area contributed by atoms with Crippen LogP contribution in [0.15, 0.2) is 66.9 Å². The van der Waals surface area contributed by atoms with Crippen LogP contribution in [0.25, 0.3) is 0 Å². The number of H-pyrrole nitrogens is 1. The number of carbonyl (C=O) groups is 1. The van der Waals surface area contributed by atoms with Crippen LogP contribution in [0, 0.1) is 6.92 Å². The van der Waals surface area contributed by atoms with Crippen LogP contribution in [0.5, 0.6) is 11.5 Å². The molecule has 4 nitrogen and oxygen atoms in total. The van der Waals surface area contributed by atoms with Crippen molar-refractivity contribution in [3.8, 4) is 11.5 Å². The van der Waals surface area contributed by atoms with Gasteiger partial charge in [-0.2, -0.15) is 0 Å². The van der Waals surface area contributed by atoms with Gasteiger partial charge in [0.2, 0.25) is 5.91 Å². The van der Waals surface area contributed by atoms with Gasteiger partial charge in [-0.25, -0.2) is 0 Å². The molecule has 138 valence electrons. The Labute approximate surface area is 159 Å². The molecule has 0 radical (unpaired) electrons. The summed E-state index contributed by atoms with van der Waals surface area (Å²) in [6, 6.07) is 20.0. The van der Waals surface area contributed by atoms with E-state index in [-0.39, 0.29) is 11.9 Å². The van der Waals surface area contributed by atoms with Crippen molar-refractivity contribution in [2.45, 2.75) is 32.2 Å². The number of aromatic amines is 1. The van der Waals surface area contributed by atoms with E-state index in [4.69, 9.17) is 4.74 Å². The molecule has 4 heteroatoms. The van der Waals surface area contributed by atoms with E-state index in [9.17, 15) is 4.79 Å². The highest BCUT2D eigenvalue weighted by molar-refractivity contribution is 5.79. The molecule has 1 aliphatic rings. The summed E-state index contributed by atoms with van der Waals surface area (Å²) in [5, 5.41) is 0. The van der Waals surface area contributed by atoms with Crippen molar-refractivity contribution in [2.75, 3.05) is 6.54 Å². The Morgan fingerprint density at radius 2 is 1.93 bits per heavy atom. The minimum absolute atomic E-state index is 0.177. The fourth-order valence-corrected chi connectivity index (χ4v) is 3.69. The first-order valence-corrected chi connectivity index (χ1v) is 9.46. The summed E-state index contributed by atoms with van der Waals surface area (Å²) < 4.78 is 5.94. The van der Waals surface area contributed by atoms with E-state index in [0.29, 0.717) is 6.42 Å². The van der Waals surface area contributed by atoms with E-state index in [1.165, 1.54) is 0 Å². The molecule has 0 spiro atoms. The van der Waals surface area contributed by atoms with Gasteiger partial charge in [0.1, 0.15) is 11.5 Å². The van der Waals surface area contributed by atoms with Crippen LogP contribution in [-0.2, 0) is 11.2 Å². The average molecular weight is 360 g/mol. The van der Waals surface area contributed by atoms with E-state index in [0.717, 1.165) is 47.7 Å². The summed E-state index contributed by atoms with van der Waals surface area (Å²) in [4.78, 5) is 18.1. The molecule has 2 aromatic carbocycles. The monoisotopic (exact) mass is 360 g/mol. The van der Waals surface area contributed by atoms with Crippen LogP contribution in [0.4, 0.5) is 0 Å². The van der Waals surface area contributed by atoms with Crippen molar-refractivity contribution in [1.82, 2.24) is 9.88 Å². The highest BCUT2D eigenvalue weighted by atomic mass is 16.5. The number of ether oxygens (including phenoxy) is 1. The second kappa shape index (κ2) is 7.70. The number of aryl methyl sites for hydroxylation is 1. The van der Waals surface area contributed by atoms with Gasteiger partial charge in [-0.15, -0.1) is 0 Å². The Kier molecular flexibility index (Phi) is 4.97. The first-order chi connectivity index (χ1) is 13.2. The molecular formula is C23H24N2O2. The number of benzene rings is 2. The Morgan fingerprint density at radius 3 is 2.67 bits per heavy atom. The van der Waals surface area contributed by atoms with Gasteiger partial charge in [0.15, 0.2) is 0 Å². The smallest absolute Gasteiger partial charge is 0.227 e. The third-order valence-corrected chi connectivity index (χ3v) is 5.15. The summed E-state index contributed by atoms with van der Waals surface area (Å²) in [6.07, 6.45) is 4.42. The van der Waals surface area contributed by atoms with Crippen LogP contribution in [0.1, 0.15) is 35.7 Å². The minimum Gasteiger partial charge on any atom is -0.457 e. The largest absolute Gasteiger partial charge is 0.457 e. The zero-order valence-corrected chi connectivity index (χ0v) is 15.5. The second-order valence-corrected chi connectivity index (χ2v) is 7.06. The molecule has 2 heterocycles. The lowest BCUT2D eigenvalue weighted by Gasteiger charge is -2.24. The summed E-state index contributed by atoms with van der Waals surface area (Å²) in [6.45, 7) is 2.86. The number of likely N-dealkylation sites (tertiary alicyclic amines) is 1. The lowest BCUT2D eigenvalue weighted by Crippen LogP contribution is -2.31. The van der Waals surface area contributed by atoms with Gasteiger partial charge in [-0.3, -0.25) is 4.79 Å². The summed E-state index contributed by atoms with van der Waals surface area (Å²) in [5.41, 5.74) is 3.23. The normalized spacial score (nSPS) is 16.5. The fourth-order valence-electron chi connectivity index (χ4n) is 3.69. The molecule has 27 heavy (non-hydrogen) atoms. The van der Waals surface area contributed by atoms with Crippen LogP contribution in [0.2, 0.25) is 0 Å². The number of rotatable bonds is 5. The third-order valence-electron chi connectivity index (χ3n) is 5.15. The molecule has 1 N–H and O–H groups in total. The Morgan fingerprint density at radius 1 is 1.11 bits per heavy atom. The van der Waals surface area contributed by atoms with Crippen molar-refractivity contribution in [1.29, 1.82) is 0 Å². The number of nitrogens with zero attached hydrogens (tertiary/aromatic N) is 1. The predicted octanol–water partition coefficient (Wildman–Crippen LogP) is 5.02. The van der Waals surface area contributed by atoms with Gasteiger partial charge < -0.3 is 14.6 Å². The maximum Gasteiger partial charge on any atom is 0.227 e. The van der Waals surface area contributed by atoms with Crippen molar-refractivity contribution >= 4 is 5.91 Å².